The van der Waals surface area contributed by atoms with E-state index >= 15 is 0 Å². The molecule has 2 amide bonds. The number of aromatic amines is 1. The number of nitrogens with zero attached hydrogens (tertiary/aromatic N) is 1. The number of thiophene rings is 1. The number of thiazole rings is 1. The molecule has 0 atom stereocenters. The van der Waals surface area contributed by atoms with Crippen molar-refractivity contribution in [1.29, 1.82) is 0 Å². The Morgan fingerprint density at radius 1 is 1.30 bits per heavy atom. The van der Waals surface area contributed by atoms with Crippen molar-refractivity contribution < 1.29 is 9.59 Å². The summed E-state index contributed by atoms with van der Waals surface area (Å²) in [4.78, 5) is 32.6. The predicted octanol–water partition coefficient (Wildman–Crippen LogP) is 3.17. The van der Waals surface area contributed by atoms with E-state index in [0.717, 1.165) is 15.3 Å². The zero-order chi connectivity index (χ0) is 16.6. The van der Waals surface area contributed by atoms with Crippen molar-refractivity contribution in [2.45, 2.75) is 13.8 Å². The van der Waals surface area contributed by atoms with E-state index in [0.29, 0.717) is 22.1 Å². The first-order chi connectivity index (χ1) is 10.9. The largest absolute Gasteiger partial charge is 0.364 e. The average Bonchev–Trinajstić information content (AvgIpc) is 3.17. The maximum atomic E-state index is 12.3. The Morgan fingerprint density at radius 3 is 2.70 bits per heavy atom. The number of aromatic nitrogens is 2. The van der Waals surface area contributed by atoms with Gasteiger partial charge in [0.25, 0.3) is 11.8 Å². The first-order valence-corrected chi connectivity index (χ1v) is 8.46. The number of anilines is 1. The quantitative estimate of drug-likeness (QED) is 0.676. The van der Waals surface area contributed by atoms with E-state index in [2.05, 4.69) is 15.3 Å². The molecule has 118 valence electrons. The number of hydrogen-bond acceptors (Lipinski definition) is 5. The number of aryl methyl sites for hydroxylation is 2. The average molecular weight is 346 g/mol. The Morgan fingerprint density at radius 2 is 2.09 bits per heavy atom. The van der Waals surface area contributed by atoms with Crippen molar-refractivity contribution in [2.75, 3.05) is 5.32 Å². The lowest BCUT2D eigenvalue weighted by Gasteiger charge is -2.00. The molecule has 8 heteroatoms. The highest BCUT2D eigenvalue weighted by Gasteiger charge is 2.15. The monoisotopic (exact) mass is 346 g/mol. The zero-order valence-corrected chi connectivity index (χ0v) is 14.1. The summed E-state index contributed by atoms with van der Waals surface area (Å²) in [6, 6.07) is 3.50. The van der Waals surface area contributed by atoms with E-state index in [-0.39, 0.29) is 5.91 Å². The molecule has 3 aromatic heterocycles. The lowest BCUT2D eigenvalue weighted by atomic mass is 10.2. The molecule has 0 saturated heterocycles. The number of nitrogens with one attached hydrogen (secondary N) is 2. The summed E-state index contributed by atoms with van der Waals surface area (Å²) in [6.07, 6.45) is 1.66. The van der Waals surface area contributed by atoms with Crippen LogP contribution in [0.1, 0.15) is 30.6 Å². The lowest BCUT2D eigenvalue weighted by molar-refractivity contribution is 0.0994. The normalized spacial score (nSPS) is 10.7. The summed E-state index contributed by atoms with van der Waals surface area (Å²) >= 11 is 2.92. The molecule has 0 aromatic carbocycles. The molecular formula is C15H14N4O2S2. The van der Waals surface area contributed by atoms with E-state index in [9.17, 15) is 9.59 Å². The van der Waals surface area contributed by atoms with Gasteiger partial charge in [-0.2, -0.15) is 0 Å². The van der Waals surface area contributed by atoms with Crippen molar-refractivity contribution in [1.82, 2.24) is 9.97 Å². The maximum Gasteiger partial charge on any atom is 0.265 e. The highest BCUT2D eigenvalue weighted by molar-refractivity contribution is 7.14. The highest BCUT2D eigenvalue weighted by Crippen LogP contribution is 2.27. The van der Waals surface area contributed by atoms with Crippen LogP contribution < -0.4 is 11.1 Å². The second-order valence-corrected chi connectivity index (χ2v) is 7.30. The Hall–Kier alpha value is -2.45. The molecule has 3 rings (SSSR count). The second kappa shape index (κ2) is 5.98. The molecule has 0 bridgehead atoms. The van der Waals surface area contributed by atoms with E-state index in [1.807, 2.05) is 25.3 Å². The van der Waals surface area contributed by atoms with Crippen molar-refractivity contribution in [3.63, 3.8) is 0 Å². The lowest BCUT2D eigenvalue weighted by Crippen LogP contribution is -2.11. The van der Waals surface area contributed by atoms with Gasteiger partial charge in [-0.25, -0.2) is 4.98 Å². The Kier molecular flexibility index (Phi) is 4.01. The third kappa shape index (κ3) is 3.17. The van der Waals surface area contributed by atoms with Gasteiger partial charge in [0.1, 0.15) is 5.69 Å². The fraction of sp³-hybridized carbons (Fsp3) is 0.133. The highest BCUT2D eigenvalue weighted by atomic mass is 32.1. The van der Waals surface area contributed by atoms with E-state index in [4.69, 9.17) is 5.73 Å². The number of amides is 2. The van der Waals surface area contributed by atoms with Gasteiger partial charge in [0, 0.05) is 26.9 Å². The Bertz CT molecular complexity index is 891. The first-order valence-electron chi connectivity index (χ1n) is 6.76. The van der Waals surface area contributed by atoms with Crippen molar-refractivity contribution in [3.8, 4) is 11.3 Å². The van der Waals surface area contributed by atoms with Gasteiger partial charge in [0.2, 0.25) is 0 Å². The Labute approximate surface area is 140 Å². The summed E-state index contributed by atoms with van der Waals surface area (Å²) < 4.78 is 0. The van der Waals surface area contributed by atoms with Crippen molar-refractivity contribution in [3.05, 3.63) is 44.7 Å². The maximum absolute atomic E-state index is 12.3. The SMILES string of the molecule is Cc1cc(C(=O)Nc2nc(-c3c[nH]c(C(N)=O)c3)cs2)c(C)s1. The summed E-state index contributed by atoms with van der Waals surface area (Å²) in [5.41, 5.74) is 7.63. The molecule has 0 spiro atoms. The molecule has 23 heavy (non-hydrogen) atoms. The molecule has 0 aliphatic rings. The van der Waals surface area contributed by atoms with Crippen LogP contribution in [0.15, 0.2) is 23.7 Å². The minimum Gasteiger partial charge on any atom is -0.364 e. The number of primary amides is 1. The molecule has 0 fully saturated rings. The fourth-order valence-corrected chi connectivity index (χ4v) is 3.80. The van der Waals surface area contributed by atoms with Crippen LogP contribution in [0.4, 0.5) is 5.13 Å². The van der Waals surface area contributed by atoms with Crippen LogP contribution in [0.25, 0.3) is 11.3 Å². The first kappa shape index (κ1) is 15.4. The third-order valence-electron chi connectivity index (χ3n) is 3.25. The zero-order valence-electron chi connectivity index (χ0n) is 12.5. The van der Waals surface area contributed by atoms with Crippen LogP contribution in [0.5, 0.6) is 0 Å². The van der Waals surface area contributed by atoms with E-state index in [1.54, 1.807) is 23.6 Å². The van der Waals surface area contributed by atoms with Gasteiger partial charge in [-0.3, -0.25) is 14.9 Å². The van der Waals surface area contributed by atoms with Crippen LogP contribution in [-0.4, -0.2) is 21.8 Å². The molecule has 3 aromatic rings. The van der Waals surface area contributed by atoms with Gasteiger partial charge in [-0.05, 0) is 26.0 Å². The molecular weight excluding hydrogens is 332 g/mol. The number of nitrogens with two attached hydrogens (primary N) is 1. The van der Waals surface area contributed by atoms with Gasteiger partial charge in [0.05, 0.1) is 11.3 Å². The van der Waals surface area contributed by atoms with E-state index in [1.165, 1.54) is 11.3 Å². The standard InChI is InChI=1S/C15H14N4O2S2/c1-7-3-10(8(2)23-7)14(21)19-15-18-12(6-22-15)9-4-11(13(16)20)17-5-9/h3-6,17H,1-2H3,(H2,16,20)(H,18,19,21). The second-order valence-electron chi connectivity index (χ2n) is 4.99. The smallest absolute Gasteiger partial charge is 0.265 e. The van der Waals surface area contributed by atoms with Crippen molar-refractivity contribution in [2.24, 2.45) is 5.73 Å². The molecule has 0 radical (unpaired) electrons. The van der Waals surface area contributed by atoms with Gasteiger partial charge >= 0.3 is 0 Å². The van der Waals surface area contributed by atoms with Crippen LogP contribution in [0.3, 0.4) is 0 Å². The number of hydrogen-bond donors (Lipinski definition) is 3. The van der Waals surface area contributed by atoms with Crippen LogP contribution in [0, 0.1) is 13.8 Å². The summed E-state index contributed by atoms with van der Waals surface area (Å²) in [5, 5.41) is 5.13. The molecule has 4 N–H and O–H groups in total. The van der Waals surface area contributed by atoms with Gasteiger partial charge in [-0.1, -0.05) is 0 Å². The molecule has 6 nitrogen and oxygen atoms in total. The summed E-state index contributed by atoms with van der Waals surface area (Å²) in [5.74, 6) is -0.692. The van der Waals surface area contributed by atoms with Gasteiger partial charge < -0.3 is 10.7 Å². The van der Waals surface area contributed by atoms with Crippen molar-refractivity contribution >= 4 is 39.6 Å². The minimum absolute atomic E-state index is 0.167. The molecule has 0 aliphatic heterocycles. The predicted molar refractivity (Wildman–Crippen MR) is 92.2 cm³/mol. The number of carbonyl (C=O) groups excluding carboxylic acids is 2. The van der Waals surface area contributed by atoms with Crippen LogP contribution >= 0.6 is 22.7 Å². The minimum atomic E-state index is -0.525. The molecule has 3 heterocycles. The van der Waals surface area contributed by atoms with Crippen LogP contribution in [-0.2, 0) is 0 Å². The summed E-state index contributed by atoms with van der Waals surface area (Å²) in [7, 11) is 0. The molecule has 0 saturated carbocycles. The van der Waals surface area contributed by atoms with E-state index < -0.39 is 5.91 Å². The number of rotatable bonds is 4. The Balaban J connectivity index is 1.77. The number of carbonyl (C=O) groups is 2. The topological polar surface area (TPSA) is 101 Å². The van der Waals surface area contributed by atoms with Gasteiger partial charge in [-0.15, -0.1) is 22.7 Å². The van der Waals surface area contributed by atoms with Gasteiger partial charge in [0.15, 0.2) is 5.13 Å². The van der Waals surface area contributed by atoms with Crippen LogP contribution in [0.2, 0.25) is 0 Å². The third-order valence-corrected chi connectivity index (χ3v) is 4.98. The fourth-order valence-electron chi connectivity index (χ4n) is 2.17. The molecule has 0 aliphatic carbocycles. The molecule has 0 unspecified atom stereocenters. The number of H-pyrrole nitrogens is 1. The summed E-state index contributed by atoms with van der Waals surface area (Å²) in [6.45, 7) is 3.89.